The summed E-state index contributed by atoms with van der Waals surface area (Å²) in [6, 6.07) is 5.23. The molecule has 1 rings (SSSR count). The van der Waals surface area contributed by atoms with Crippen LogP contribution in [0.5, 0.6) is 0 Å². The molecule has 0 amide bonds. The molecule has 76 valence electrons. The topological polar surface area (TPSA) is 61.8 Å². The number of oxime groups is 1. The smallest absolute Gasteiger partial charge is 0.172 e. The predicted octanol–water partition coefficient (Wildman–Crippen LogP) is 1.50. The quantitative estimate of drug-likeness (QED) is 0.339. The number of rotatable bonds is 2. The molecule has 4 nitrogen and oxygen atoms in total. The molecule has 1 aromatic carbocycles. The highest BCUT2D eigenvalue weighted by Crippen LogP contribution is 2.22. The summed E-state index contributed by atoms with van der Waals surface area (Å²) < 4.78 is 0. The number of benzene rings is 1. The molecule has 0 spiro atoms. The second-order valence-electron chi connectivity index (χ2n) is 3.04. The summed E-state index contributed by atoms with van der Waals surface area (Å²) in [7, 11) is 3.74. The molecule has 0 radical (unpaired) electrons. The summed E-state index contributed by atoms with van der Waals surface area (Å²) in [5, 5.41) is 12.1. The predicted molar refractivity (Wildman–Crippen MR) is 58.3 cm³/mol. The van der Waals surface area contributed by atoms with Gasteiger partial charge in [0.25, 0.3) is 0 Å². The first-order valence-corrected chi connectivity index (χ1v) is 4.39. The second kappa shape index (κ2) is 4.19. The number of halogens is 1. The third kappa shape index (κ3) is 2.09. The van der Waals surface area contributed by atoms with Gasteiger partial charge in [-0.05, 0) is 18.2 Å². The first-order valence-electron chi connectivity index (χ1n) is 4.01. The Hall–Kier alpha value is -1.42. The van der Waals surface area contributed by atoms with Crippen LogP contribution >= 0.6 is 11.6 Å². The lowest BCUT2D eigenvalue weighted by atomic mass is 10.1. The van der Waals surface area contributed by atoms with E-state index in [9.17, 15) is 0 Å². The van der Waals surface area contributed by atoms with E-state index in [4.69, 9.17) is 22.5 Å². The van der Waals surface area contributed by atoms with Crippen molar-refractivity contribution in [2.24, 2.45) is 10.9 Å². The fraction of sp³-hybridized carbons (Fsp3) is 0.222. The summed E-state index contributed by atoms with van der Waals surface area (Å²) in [6.45, 7) is 0. The minimum absolute atomic E-state index is 0.0520. The maximum Gasteiger partial charge on any atom is 0.172 e. The number of nitrogens with zero attached hydrogens (tertiary/aromatic N) is 2. The molecule has 0 aromatic heterocycles. The van der Waals surface area contributed by atoms with Gasteiger partial charge in [0.15, 0.2) is 5.84 Å². The fourth-order valence-corrected chi connectivity index (χ4v) is 1.33. The van der Waals surface area contributed by atoms with Gasteiger partial charge in [0.2, 0.25) is 0 Å². The van der Waals surface area contributed by atoms with Crippen LogP contribution in [0, 0.1) is 0 Å². The molecule has 5 heteroatoms. The van der Waals surface area contributed by atoms with Gasteiger partial charge in [-0.25, -0.2) is 0 Å². The molecule has 0 fully saturated rings. The van der Waals surface area contributed by atoms with Gasteiger partial charge in [-0.2, -0.15) is 0 Å². The zero-order valence-corrected chi connectivity index (χ0v) is 8.78. The van der Waals surface area contributed by atoms with Gasteiger partial charge in [0, 0.05) is 30.4 Å². The van der Waals surface area contributed by atoms with Gasteiger partial charge in [-0.3, -0.25) is 0 Å². The summed E-state index contributed by atoms with van der Waals surface area (Å²) in [5.41, 5.74) is 6.98. The van der Waals surface area contributed by atoms with Crippen molar-refractivity contribution in [1.82, 2.24) is 0 Å². The number of nitrogens with two attached hydrogens (primary N) is 1. The Morgan fingerprint density at radius 3 is 2.64 bits per heavy atom. The Morgan fingerprint density at radius 1 is 1.50 bits per heavy atom. The Labute approximate surface area is 87.6 Å². The summed E-state index contributed by atoms with van der Waals surface area (Å²) in [5.74, 6) is 0.0520. The van der Waals surface area contributed by atoms with Crippen molar-refractivity contribution in [3.05, 3.63) is 28.8 Å². The van der Waals surface area contributed by atoms with E-state index in [1.54, 1.807) is 12.1 Å². The molecule has 0 unspecified atom stereocenters. The molecule has 0 aliphatic rings. The molecular formula is C9H12ClN3O. The van der Waals surface area contributed by atoms with Crippen molar-refractivity contribution >= 4 is 23.1 Å². The maximum atomic E-state index is 8.59. The molecule has 0 heterocycles. The van der Waals surface area contributed by atoms with Crippen LogP contribution in [0.15, 0.2) is 23.4 Å². The van der Waals surface area contributed by atoms with Crippen molar-refractivity contribution in [1.29, 1.82) is 0 Å². The van der Waals surface area contributed by atoms with Crippen LogP contribution in [0.25, 0.3) is 0 Å². The first kappa shape index (κ1) is 10.7. The van der Waals surface area contributed by atoms with Crippen molar-refractivity contribution in [3.8, 4) is 0 Å². The van der Waals surface area contributed by atoms with Crippen molar-refractivity contribution in [2.75, 3.05) is 19.0 Å². The van der Waals surface area contributed by atoms with Crippen LogP contribution in [-0.2, 0) is 0 Å². The lowest BCUT2D eigenvalue weighted by molar-refractivity contribution is 0.318. The van der Waals surface area contributed by atoms with E-state index >= 15 is 0 Å². The van der Waals surface area contributed by atoms with E-state index in [2.05, 4.69) is 5.16 Å². The van der Waals surface area contributed by atoms with Crippen LogP contribution < -0.4 is 10.6 Å². The molecule has 0 aliphatic heterocycles. The van der Waals surface area contributed by atoms with Crippen LogP contribution in [0.3, 0.4) is 0 Å². The number of hydrogen-bond donors (Lipinski definition) is 2. The van der Waals surface area contributed by atoms with Gasteiger partial charge in [0.1, 0.15) is 0 Å². The molecule has 0 bridgehead atoms. The highest BCUT2D eigenvalue weighted by molar-refractivity contribution is 6.31. The SMILES string of the molecule is CN(C)c1ccc(Cl)cc1C(N)=NO. The van der Waals surface area contributed by atoms with Crippen molar-refractivity contribution in [2.45, 2.75) is 0 Å². The Kier molecular flexibility index (Phi) is 3.19. The van der Waals surface area contributed by atoms with E-state index in [-0.39, 0.29) is 5.84 Å². The molecule has 0 atom stereocenters. The fourth-order valence-electron chi connectivity index (χ4n) is 1.16. The zero-order valence-electron chi connectivity index (χ0n) is 8.03. The van der Waals surface area contributed by atoms with Crippen molar-refractivity contribution < 1.29 is 5.21 Å². The highest BCUT2D eigenvalue weighted by atomic mass is 35.5. The number of hydrogen-bond acceptors (Lipinski definition) is 3. The molecule has 0 saturated carbocycles. The zero-order chi connectivity index (χ0) is 10.7. The van der Waals surface area contributed by atoms with Gasteiger partial charge in [-0.15, -0.1) is 0 Å². The monoisotopic (exact) mass is 213 g/mol. The number of anilines is 1. The average molecular weight is 214 g/mol. The average Bonchev–Trinajstić information content (AvgIpc) is 2.16. The maximum absolute atomic E-state index is 8.59. The Bertz CT molecular complexity index is 363. The number of amidine groups is 1. The lowest BCUT2D eigenvalue weighted by Gasteiger charge is -2.16. The van der Waals surface area contributed by atoms with E-state index in [1.165, 1.54) is 0 Å². The van der Waals surface area contributed by atoms with Gasteiger partial charge in [0.05, 0.1) is 0 Å². The largest absolute Gasteiger partial charge is 0.409 e. The van der Waals surface area contributed by atoms with E-state index in [1.807, 2.05) is 25.1 Å². The molecule has 0 aliphatic carbocycles. The van der Waals surface area contributed by atoms with E-state index < -0.39 is 0 Å². The van der Waals surface area contributed by atoms with Crippen LogP contribution in [0.4, 0.5) is 5.69 Å². The molecule has 1 aromatic rings. The minimum atomic E-state index is 0.0520. The van der Waals surface area contributed by atoms with Gasteiger partial charge in [-0.1, -0.05) is 16.8 Å². The Morgan fingerprint density at radius 2 is 2.14 bits per heavy atom. The summed E-state index contributed by atoms with van der Waals surface area (Å²) >= 11 is 5.81. The van der Waals surface area contributed by atoms with E-state index in [0.29, 0.717) is 10.6 Å². The lowest BCUT2D eigenvalue weighted by Crippen LogP contribution is -2.19. The second-order valence-corrected chi connectivity index (χ2v) is 3.48. The molecular weight excluding hydrogens is 202 g/mol. The molecule has 0 saturated heterocycles. The summed E-state index contributed by atoms with van der Waals surface area (Å²) in [6.07, 6.45) is 0. The van der Waals surface area contributed by atoms with E-state index in [0.717, 1.165) is 5.69 Å². The normalized spacial score (nSPS) is 11.5. The van der Waals surface area contributed by atoms with Gasteiger partial charge >= 0.3 is 0 Å². The molecule has 3 N–H and O–H groups in total. The highest BCUT2D eigenvalue weighted by Gasteiger charge is 2.09. The van der Waals surface area contributed by atoms with Crippen molar-refractivity contribution in [3.63, 3.8) is 0 Å². The van der Waals surface area contributed by atoms with Crippen LogP contribution in [0.1, 0.15) is 5.56 Å². The van der Waals surface area contributed by atoms with Gasteiger partial charge < -0.3 is 15.8 Å². The Balaban J connectivity index is 3.30. The van der Waals surface area contributed by atoms with Crippen LogP contribution in [0.2, 0.25) is 5.02 Å². The standard InChI is InChI=1S/C9H12ClN3O/c1-13(2)8-4-3-6(10)5-7(8)9(11)12-14/h3-5,14H,1-2H3,(H2,11,12). The first-order chi connectivity index (χ1) is 6.56. The third-order valence-electron chi connectivity index (χ3n) is 1.82. The molecule has 14 heavy (non-hydrogen) atoms. The summed E-state index contributed by atoms with van der Waals surface area (Å²) in [4.78, 5) is 1.86. The van der Waals surface area contributed by atoms with Crippen LogP contribution in [-0.4, -0.2) is 25.1 Å². The minimum Gasteiger partial charge on any atom is -0.409 e. The third-order valence-corrected chi connectivity index (χ3v) is 2.06.